The summed E-state index contributed by atoms with van der Waals surface area (Å²) in [5.74, 6) is 0.621. The van der Waals surface area contributed by atoms with Gasteiger partial charge in [0.1, 0.15) is 22.0 Å². The van der Waals surface area contributed by atoms with Gasteiger partial charge in [0, 0.05) is 18.8 Å². The molecule has 2 heterocycles. The fraction of sp³-hybridized carbons (Fsp3) is 0.583. The fourth-order valence-corrected chi connectivity index (χ4v) is 5.17. The van der Waals surface area contributed by atoms with Crippen LogP contribution < -0.4 is 0 Å². The Balaban J connectivity index is 2.51. The van der Waals surface area contributed by atoms with Crippen LogP contribution in [0, 0.1) is 13.8 Å². The monoisotopic (exact) mass is 319 g/mol. The summed E-state index contributed by atoms with van der Waals surface area (Å²) in [6.07, 6.45) is 0.766. The van der Waals surface area contributed by atoms with Gasteiger partial charge < -0.3 is 9.52 Å². The summed E-state index contributed by atoms with van der Waals surface area (Å²) < 4.78 is 32.0. The molecule has 0 aliphatic carbocycles. The highest BCUT2D eigenvalue weighted by Crippen LogP contribution is 2.30. The predicted octanol–water partition coefficient (Wildman–Crippen LogP) is 1.72. The topological polar surface area (TPSA) is 87.8 Å². The molecule has 1 fully saturated rings. The van der Waals surface area contributed by atoms with E-state index >= 15 is 0 Å². The predicted molar refractivity (Wildman–Crippen MR) is 75.8 cm³/mol. The summed E-state index contributed by atoms with van der Waals surface area (Å²) in [5, 5.41) is 9.23. The third-order valence-electron chi connectivity index (χ3n) is 3.20. The highest BCUT2D eigenvalue weighted by Gasteiger charge is 2.35. The molecule has 0 radical (unpaired) electrons. The molecule has 0 atom stereocenters. The molecule has 1 saturated heterocycles. The van der Waals surface area contributed by atoms with Crippen molar-refractivity contribution >= 4 is 27.8 Å². The van der Waals surface area contributed by atoms with Crippen LogP contribution >= 0.6 is 11.8 Å². The Kier molecular flexibility index (Phi) is 4.46. The van der Waals surface area contributed by atoms with E-state index in [4.69, 9.17) is 4.42 Å². The van der Waals surface area contributed by atoms with Crippen LogP contribution in [0.2, 0.25) is 0 Å². The van der Waals surface area contributed by atoms with Crippen molar-refractivity contribution in [2.24, 2.45) is 0 Å². The normalized spacial score (nSPS) is 17.9. The molecule has 1 aliphatic heterocycles. The SMILES string of the molecule is Cc1oc(C)c(S(=O)(=O)N2CCCSCC2)c1C(=O)O. The quantitative estimate of drug-likeness (QED) is 0.912. The van der Waals surface area contributed by atoms with Crippen LogP contribution in [0.5, 0.6) is 0 Å². The third-order valence-corrected chi connectivity index (χ3v) is 6.30. The van der Waals surface area contributed by atoms with E-state index in [0.717, 1.165) is 17.9 Å². The standard InChI is InChI=1S/C12H17NO5S2/c1-8-10(12(14)15)11(9(2)18-8)20(16,17)13-4-3-6-19-7-5-13/h3-7H2,1-2H3,(H,14,15). The lowest BCUT2D eigenvalue weighted by Crippen LogP contribution is -2.34. The van der Waals surface area contributed by atoms with E-state index in [1.807, 2.05) is 0 Å². The molecule has 0 unspecified atom stereocenters. The number of aromatic carboxylic acids is 1. The van der Waals surface area contributed by atoms with Gasteiger partial charge in [-0.2, -0.15) is 16.1 Å². The summed E-state index contributed by atoms with van der Waals surface area (Å²) in [4.78, 5) is 11.1. The van der Waals surface area contributed by atoms with Crippen LogP contribution in [-0.2, 0) is 10.0 Å². The van der Waals surface area contributed by atoms with Gasteiger partial charge in [-0.15, -0.1) is 0 Å². The molecule has 20 heavy (non-hydrogen) atoms. The van der Waals surface area contributed by atoms with Crippen molar-refractivity contribution < 1.29 is 22.7 Å². The van der Waals surface area contributed by atoms with Gasteiger partial charge in [-0.05, 0) is 26.0 Å². The summed E-state index contributed by atoms with van der Waals surface area (Å²) in [6, 6.07) is 0. The van der Waals surface area contributed by atoms with E-state index in [1.165, 1.54) is 18.2 Å². The van der Waals surface area contributed by atoms with Crippen molar-refractivity contribution in [3.8, 4) is 0 Å². The van der Waals surface area contributed by atoms with E-state index in [1.54, 1.807) is 11.8 Å². The molecular formula is C12H17NO5S2. The van der Waals surface area contributed by atoms with E-state index in [-0.39, 0.29) is 22.0 Å². The molecule has 1 aromatic heterocycles. The van der Waals surface area contributed by atoms with Gasteiger partial charge in [-0.25, -0.2) is 13.2 Å². The van der Waals surface area contributed by atoms with Gasteiger partial charge in [0.15, 0.2) is 0 Å². The number of hydrogen-bond donors (Lipinski definition) is 1. The average molecular weight is 319 g/mol. The molecule has 0 spiro atoms. The first-order valence-corrected chi connectivity index (χ1v) is 8.86. The zero-order chi connectivity index (χ0) is 14.9. The van der Waals surface area contributed by atoms with Gasteiger partial charge in [0.2, 0.25) is 10.0 Å². The lowest BCUT2D eigenvalue weighted by Gasteiger charge is -2.19. The maximum absolute atomic E-state index is 12.7. The van der Waals surface area contributed by atoms with E-state index in [2.05, 4.69) is 0 Å². The molecule has 1 aliphatic rings. The summed E-state index contributed by atoms with van der Waals surface area (Å²) in [6.45, 7) is 3.76. The Morgan fingerprint density at radius 2 is 1.95 bits per heavy atom. The molecule has 1 aromatic rings. The molecule has 1 N–H and O–H groups in total. The Bertz CT molecular complexity index is 612. The first-order valence-electron chi connectivity index (χ1n) is 6.27. The lowest BCUT2D eigenvalue weighted by molar-refractivity contribution is 0.0691. The number of carboxylic acid groups (broad SMARTS) is 1. The van der Waals surface area contributed by atoms with Crippen LogP contribution in [-0.4, -0.2) is 48.4 Å². The zero-order valence-electron chi connectivity index (χ0n) is 11.4. The first-order chi connectivity index (χ1) is 9.35. The molecule has 0 saturated carbocycles. The van der Waals surface area contributed by atoms with Crippen molar-refractivity contribution in [3.63, 3.8) is 0 Å². The maximum Gasteiger partial charge on any atom is 0.340 e. The average Bonchev–Trinajstić information content (AvgIpc) is 2.57. The Labute approximate surface area is 122 Å². The second-order valence-corrected chi connectivity index (χ2v) is 7.69. The first kappa shape index (κ1) is 15.4. The summed E-state index contributed by atoms with van der Waals surface area (Å²) in [7, 11) is -3.83. The molecule has 0 amide bonds. The molecule has 112 valence electrons. The number of rotatable bonds is 3. The van der Waals surface area contributed by atoms with Crippen molar-refractivity contribution in [3.05, 3.63) is 17.1 Å². The largest absolute Gasteiger partial charge is 0.478 e. The number of sulfonamides is 1. The molecule has 6 nitrogen and oxygen atoms in total. The van der Waals surface area contributed by atoms with Crippen molar-refractivity contribution in [1.29, 1.82) is 0 Å². The molecule has 0 aromatic carbocycles. The summed E-state index contributed by atoms with van der Waals surface area (Å²) in [5.41, 5.74) is -0.251. The second-order valence-electron chi connectivity index (χ2n) is 4.59. The number of nitrogens with zero attached hydrogens (tertiary/aromatic N) is 1. The van der Waals surface area contributed by atoms with Gasteiger partial charge >= 0.3 is 5.97 Å². The number of aryl methyl sites for hydroxylation is 2. The van der Waals surface area contributed by atoms with E-state index in [9.17, 15) is 18.3 Å². The number of furan rings is 1. The maximum atomic E-state index is 12.7. The molecular weight excluding hydrogens is 302 g/mol. The Morgan fingerprint density at radius 1 is 1.25 bits per heavy atom. The van der Waals surface area contributed by atoms with Crippen LogP contribution in [0.3, 0.4) is 0 Å². The zero-order valence-corrected chi connectivity index (χ0v) is 13.0. The highest BCUT2D eigenvalue weighted by atomic mass is 32.2. The smallest absolute Gasteiger partial charge is 0.340 e. The molecule has 8 heteroatoms. The van der Waals surface area contributed by atoms with Crippen LogP contribution in [0.25, 0.3) is 0 Å². The number of hydrogen-bond acceptors (Lipinski definition) is 5. The van der Waals surface area contributed by atoms with Gasteiger partial charge in [-0.3, -0.25) is 0 Å². The van der Waals surface area contributed by atoms with Crippen molar-refractivity contribution in [2.75, 3.05) is 24.6 Å². The van der Waals surface area contributed by atoms with Gasteiger partial charge in [0.05, 0.1) is 0 Å². The number of carbonyl (C=O) groups is 1. The number of thioether (sulfide) groups is 1. The minimum absolute atomic E-state index is 0.123. The lowest BCUT2D eigenvalue weighted by atomic mass is 10.2. The minimum Gasteiger partial charge on any atom is -0.478 e. The van der Waals surface area contributed by atoms with Crippen LogP contribution in [0.15, 0.2) is 9.31 Å². The highest BCUT2D eigenvalue weighted by molar-refractivity contribution is 7.99. The van der Waals surface area contributed by atoms with Crippen LogP contribution in [0.4, 0.5) is 0 Å². The van der Waals surface area contributed by atoms with Crippen molar-refractivity contribution in [2.45, 2.75) is 25.2 Å². The molecule has 2 rings (SSSR count). The Hall–Kier alpha value is -0.990. The fourth-order valence-electron chi connectivity index (χ4n) is 2.31. The van der Waals surface area contributed by atoms with Gasteiger partial charge in [-0.1, -0.05) is 0 Å². The Morgan fingerprint density at radius 3 is 2.60 bits per heavy atom. The number of carboxylic acids is 1. The van der Waals surface area contributed by atoms with Crippen LogP contribution in [0.1, 0.15) is 28.3 Å². The minimum atomic E-state index is -3.83. The summed E-state index contributed by atoms with van der Waals surface area (Å²) >= 11 is 1.70. The van der Waals surface area contributed by atoms with E-state index in [0.29, 0.717) is 13.1 Å². The molecule has 0 bridgehead atoms. The third kappa shape index (κ3) is 2.72. The van der Waals surface area contributed by atoms with Gasteiger partial charge in [0.25, 0.3) is 0 Å². The van der Waals surface area contributed by atoms with Crippen molar-refractivity contribution in [1.82, 2.24) is 4.31 Å². The second kappa shape index (κ2) is 5.79. The van der Waals surface area contributed by atoms with E-state index < -0.39 is 16.0 Å².